The minimum absolute atomic E-state index is 0.118. The van der Waals surface area contributed by atoms with E-state index >= 15 is 0 Å². The maximum Gasteiger partial charge on any atom is 0.220 e. The molecule has 148 valence electrons. The van der Waals surface area contributed by atoms with Crippen LogP contribution < -0.4 is 5.73 Å². The summed E-state index contributed by atoms with van der Waals surface area (Å²) in [6.45, 7) is 5.06. The molecule has 1 atom stereocenters. The summed E-state index contributed by atoms with van der Waals surface area (Å²) in [6.07, 6.45) is 10.4. The molecule has 1 spiro atoms. The normalized spacial score (nSPS) is 21.4. The number of hydrogen-bond donors (Lipinski definition) is 1. The van der Waals surface area contributed by atoms with Crippen LogP contribution in [0.15, 0.2) is 42.9 Å². The number of nitrogen functional groups attached to an aromatic ring is 1. The van der Waals surface area contributed by atoms with Gasteiger partial charge in [0.1, 0.15) is 0 Å². The lowest BCUT2D eigenvalue weighted by molar-refractivity contribution is 0.136. The molecule has 0 amide bonds. The zero-order chi connectivity index (χ0) is 19.8. The van der Waals surface area contributed by atoms with Crippen molar-refractivity contribution in [3.05, 3.63) is 65.2 Å². The number of nitrogens with zero attached hydrogens (tertiary/aromatic N) is 5. The Morgan fingerprint density at radius 3 is 2.79 bits per heavy atom. The molecule has 29 heavy (non-hydrogen) atoms. The average Bonchev–Trinajstić information content (AvgIpc) is 3.06. The molecule has 1 unspecified atom stereocenters. The third-order valence-corrected chi connectivity index (χ3v) is 6.30. The minimum atomic E-state index is 0.118. The fraction of sp³-hybridized carbons (Fsp3) is 0.391. The maximum absolute atomic E-state index is 5.90. The highest BCUT2D eigenvalue weighted by atomic mass is 15.1. The Bertz CT molecular complexity index is 1030. The number of nitrogens with two attached hydrogens (primary N) is 1. The van der Waals surface area contributed by atoms with Crippen LogP contribution >= 0.6 is 0 Å². The molecular formula is C23H26N6. The predicted octanol–water partition coefficient (Wildman–Crippen LogP) is 3.30. The third kappa shape index (κ3) is 3.49. The molecule has 0 bridgehead atoms. The van der Waals surface area contributed by atoms with Gasteiger partial charge in [0.2, 0.25) is 5.95 Å². The molecule has 1 aliphatic heterocycles. The van der Waals surface area contributed by atoms with Crippen molar-refractivity contribution < 1.29 is 0 Å². The largest absolute Gasteiger partial charge is 0.368 e. The van der Waals surface area contributed by atoms with Crippen LogP contribution in [-0.4, -0.2) is 37.9 Å². The quantitative estimate of drug-likeness (QED) is 0.744. The second-order valence-corrected chi connectivity index (χ2v) is 8.48. The number of benzene rings is 1. The van der Waals surface area contributed by atoms with E-state index in [0.29, 0.717) is 5.95 Å². The molecule has 3 heterocycles. The Morgan fingerprint density at radius 2 is 1.97 bits per heavy atom. The van der Waals surface area contributed by atoms with Gasteiger partial charge in [0, 0.05) is 48.2 Å². The van der Waals surface area contributed by atoms with Gasteiger partial charge in [-0.15, -0.1) is 0 Å². The molecule has 1 aromatic carbocycles. The average molecular weight is 387 g/mol. The van der Waals surface area contributed by atoms with Crippen molar-refractivity contribution in [3.8, 4) is 11.4 Å². The summed E-state index contributed by atoms with van der Waals surface area (Å²) in [6, 6.07) is 8.31. The van der Waals surface area contributed by atoms with Crippen LogP contribution in [0, 0.1) is 6.92 Å². The number of aromatic nitrogens is 4. The molecule has 2 N–H and O–H groups in total. The fourth-order valence-corrected chi connectivity index (χ4v) is 4.94. The molecule has 6 nitrogen and oxygen atoms in total. The van der Waals surface area contributed by atoms with Crippen LogP contribution in [-0.2, 0) is 18.4 Å². The fourth-order valence-electron chi connectivity index (χ4n) is 4.94. The van der Waals surface area contributed by atoms with Crippen LogP contribution in [0.25, 0.3) is 11.4 Å². The molecule has 2 aromatic heterocycles. The molecule has 2 aliphatic rings. The Kier molecular flexibility index (Phi) is 4.51. The molecule has 6 heteroatoms. The number of rotatable bonds is 3. The second kappa shape index (κ2) is 7.19. The van der Waals surface area contributed by atoms with Gasteiger partial charge < -0.3 is 5.73 Å². The SMILES string of the molecule is Cc1cccc(-c2ncc(CN3CCCC4(CCc5cnc(N)nc54)C3)cn2)c1. The summed E-state index contributed by atoms with van der Waals surface area (Å²) in [5, 5.41) is 0. The standard InChI is InChI=1S/C23H26N6/c1-16-4-2-5-18(10-16)21-25-11-17(12-26-21)14-29-9-3-7-23(15-29)8-6-19-13-27-22(24)28-20(19)23/h2,4-5,10-13H,3,6-9,14-15H2,1H3,(H2,24,27,28). The maximum atomic E-state index is 5.90. The first-order valence-corrected chi connectivity index (χ1v) is 10.3. The highest BCUT2D eigenvalue weighted by molar-refractivity contribution is 5.55. The van der Waals surface area contributed by atoms with E-state index in [1.807, 2.05) is 24.7 Å². The van der Waals surface area contributed by atoms with Crippen molar-refractivity contribution in [2.24, 2.45) is 0 Å². The molecule has 1 fully saturated rings. The number of aryl methyl sites for hydroxylation is 2. The highest BCUT2D eigenvalue weighted by Crippen LogP contribution is 2.44. The Morgan fingerprint density at radius 1 is 1.10 bits per heavy atom. The van der Waals surface area contributed by atoms with E-state index in [4.69, 9.17) is 5.73 Å². The van der Waals surface area contributed by atoms with E-state index in [0.717, 1.165) is 49.4 Å². The first kappa shape index (κ1) is 18.2. The molecule has 1 saturated heterocycles. The van der Waals surface area contributed by atoms with Gasteiger partial charge in [-0.25, -0.2) is 19.9 Å². The van der Waals surface area contributed by atoms with Gasteiger partial charge >= 0.3 is 0 Å². The Hall–Kier alpha value is -2.86. The first-order chi connectivity index (χ1) is 14.1. The van der Waals surface area contributed by atoms with Gasteiger partial charge in [-0.2, -0.15) is 0 Å². The lowest BCUT2D eigenvalue weighted by Gasteiger charge is -2.40. The number of hydrogen-bond acceptors (Lipinski definition) is 6. The lowest BCUT2D eigenvalue weighted by atomic mass is 9.77. The van der Waals surface area contributed by atoms with Crippen LogP contribution in [0.3, 0.4) is 0 Å². The van der Waals surface area contributed by atoms with Crippen molar-refractivity contribution in [3.63, 3.8) is 0 Å². The van der Waals surface area contributed by atoms with E-state index in [2.05, 4.69) is 50.0 Å². The van der Waals surface area contributed by atoms with Crippen LogP contribution in [0.2, 0.25) is 0 Å². The van der Waals surface area contributed by atoms with Gasteiger partial charge in [-0.3, -0.25) is 4.90 Å². The number of anilines is 1. The van der Waals surface area contributed by atoms with Crippen molar-refractivity contribution in [1.82, 2.24) is 24.8 Å². The number of piperidine rings is 1. The molecule has 5 rings (SSSR count). The summed E-state index contributed by atoms with van der Waals surface area (Å²) >= 11 is 0. The van der Waals surface area contributed by atoms with Crippen molar-refractivity contribution >= 4 is 5.95 Å². The van der Waals surface area contributed by atoms with Gasteiger partial charge in [-0.05, 0) is 50.8 Å². The summed E-state index contributed by atoms with van der Waals surface area (Å²) in [4.78, 5) is 20.6. The van der Waals surface area contributed by atoms with E-state index in [9.17, 15) is 0 Å². The third-order valence-electron chi connectivity index (χ3n) is 6.30. The Labute approximate surface area is 171 Å². The van der Waals surface area contributed by atoms with Gasteiger partial charge in [0.05, 0.1) is 5.69 Å². The molecule has 0 radical (unpaired) electrons. The highest BCUT2D eigenvalue weighted by Gasteiger charge is 2.43. The summed E-state index contributed by atoms with van der Waals surface area (Å²) in [5.74, 6) is 1.17. The second-order valence-electron chi connectivity index (χ2n) is 8.48. The van der Waals surface area contributed by atoms with Gasteiger partial charge in [-0.1, -0.05) is 23.8 Å². The summed E-state index contributed by atoms with van der Waals surface area (Å²) < 4.78 is 0. The van der Waals surface area contributed by atoms with Crippen molar-refractivity contribution in [2.45, 2.75) is 44.6 Å². The number of fused-ring (bicyclic) bond motifs is 2. The van der Waals surface area contributed by atoms with Gasteiger partial charge in [0.25, 0.3) is 0 Å². The Balaban J connectivity index is 1.32. The first-order valence-electron chi connectivity index (χ1n) is 10.3. The van der Waals surface area contributed by atoms with Crippen molar-refractivity contribution in [1.29, 1.82) is 0 Å². The van der Waals surface area contributed by atoms with Crippen molar-refractivity contribution in [2.75, 3.05) is 18.8 Å². The van der Waals surface area contributed by atoms with Crippen LogP contribution in [0.4, 0.5) is 5.95 Å². The smallest absolute Gasteiger partial charge is 0.220 e. The van der Waals surface area contributed by atoms with E-state index in [-0.39, 0.29) is 5.41 Å². The van der Waals surface area contributed by atoms with E-state index < -0.39 is 0 Å². The minimum Gasteiger partial charge on any atom is -0.368 e. The number of likely N-dealkylation sites (tertiary alicyclic amines) is 1. The van der Waals surface area contributed by atoms with E-state index in [1.54, 1.807) is 0 Å². The topological polar surface area (TPSA) is 80.8 Å². The molecule has 1 aliphatic carbocycles. The van der Waals surface area contributed by atoms with Crippen LogP contribution in [0.1, 0.15) is 41.6 Å². The molecule has 3 aromatic rings. The predicted molar refractivity (Wildman–Crippen MR) is 113 cm³/mol. The monoisotopic (exact) mass is 386 g/mol. The zero-order valence-electron chi connectivity index (χ0n) is 16.8. The molecular weight excluding hydrogens is 360 g/mol. The van der Waals surface area contributed by atoms with E-state index in [1.165, 1.54) is 29.7 Å². The van der Waals surface area contributed by atoms with Crippen LogP contribution in [0.5, 0.6) is 0 Å². The zero-order valence-corrected chi connectivity index (χ0v) is 16.8. The molecule has 0 saturated carbocycles. The van der Waals surface area contributed by atoms with Gasteiger partial charge in [0.15, 0.2) is 5.82 Å². The lowest BCUT2D eigenvalue weighted by Crippen LogP contribution is -2.45. The summed E-state index contributed by atoms with van der Waals surface area (Å²) in [5.41, 5.74) is 11.9. The summed E-state index contributed by atoms with van der Waals surface area (Å²) in [7, 11) is 0.